The van der Waals surface area contributed by atoms with Gasteiger partial charge in [-0.2, -0.15) is 0 Å². The highest BCUT2D eigenvalue weighted by molar-refractivity contribution is 5.69. The number of carbonyl (C=O) groups excluding carboxylic acids is 1. The number of rotatable bonds is 9. The molecule has 0 heterocycles. The second-order valence-corrected chi connectivity index (χ2v) is 3.74. The number of unbranched alkanes of at least 4 members (excludes halogenated alkanes) is 1. The third-order valence-corrected chi connectivity index (χ3v) is 1.82. The summed E-state index contributed by atoms with van der Waals surface area (Å²) in [5.41, 5.74) is 0. The molecule has 0 bridgehead atoms. The van der Waals surface area contributed by atoms with Crippen LogP contribution in [0.4, 0.5) is 0 Å². The molecule has 0 aliphatic carbocycles. The molecule has 0 aromatic heterocycles. The van der Waals surface area contributed by atoms with Gasteiger partial charge in [-0.3, -0.25) is 9.59 Å². The van der Waals surface area contributed by atoms with Crippen LogP contribution in [0.2, 0.25) is 0 Å². The van der Waals surface area contributed by atoms with Crippen LogP contribution in [0.5, 0.6) is 0 Å². The molecule has 16 heavy (non-hydrogen) atoms. The third-order valence-electron chi connectivity index (χ3n) is 1.82. The van der Waals surface area contributed by atoms with E-state index in [0.717, 1.165) is 0 Å². The van der Waals surface area contributed by atoms with Gasteiger partial charge in [-0.15, -0.1) is 0 Å². The minimum absolute atomic E-state index is 0.101. The summed E-state index contributed by atoms with van der Waals surface area (Å²) in [4.78, 5) is 21.3. The van der Waals surface area contributed by atoms with Gasteiger partial charge >= 0.3 is 11.9 Å². The first-order valence-corrected chi connectivity index (χ1v) is 5.51. The second-order valence-electron chi connectivity index (χ2n) is 3.74. The molecule has 0 unspecified atom stereocenters. The number of hydrogen-bond acceptors (Lipinski definition) is 4. The highest BCUT2D eigenvalue weighted by atomic mass is 16.6. The van der Waals surface area contributed by atoms with Crippen LogP contribution in [0.15, 0.2) is 0 Å². The zero-order chi connectivity index (χ0) is 12.4. The predicted molar refractivity (Wildman–Crippen MR) is 58.2 cm³/mol. The summed E-state index contributed by atoms with van der Waals surface area (Å²) in [7, 11) is 0. The van der Waals surface area contributed by atoms with E-state index in [1.807, 2.05) is 13.8 Å². The lowest BCUT2D eigenvalue weighted by atomic mass is 10.2. The number of aliphatic carboxylic acids is 1. The van der Waals surface area contributed by atoms with Crippen LogP contribution in [0.1, 0.15) is 39.5 Å². The normalized spacial score (nSPS) is 10.4. The van der Waals surface area contributed by atoms with Gasteiger partial charge in [0, 0.05) is 12.8 Å². The number of ether oxygens (including phenoxy) is 2. The predicted octanol–water partition coefficient (Wildman–Crippen LogP) is 1.60. The minimum Gasteiger partial charge on any atom is -0.481 e. The smallest absolute Gasteiger partial charge is 0.305 e. The first-order valence-electron chi connectivity index (χ1n) is 5.51. The van der Waals surface area contributed by atoms with Crippen LogP contribution >= 0.6 is 0 Å². The second kappa shape index (κ2) is 9.15. The lowest BCUT2D eigenvalue weighted by Crippen LogP contribution is -2.13. The maximum atomic E-state index is 11.1. The molecule has 0 fully saturated rings. The van der Waals surface area contributed by atoms with Crippen molar-refractivity contribution >= 4 is 11.9 Å². The van der Waals surface area contributed by atoms with Crippen LogP contribution in [0.3, 0.4) is 0 Å². The fourth-order valence-electron chi connectivity index (χ4n) is 1.06. The standard InChI is InChI=1S/C11H20O5/c1-9(2)15-7-8-16-11(14)6-4-3-5-10(12)13/h9H,3-8H2,1-2H3,(H,12,13). The average Bonchev–Trinajstić information content (AvgIpc) is 2.19. The van der Waals surface area contributed by atoms with Gasteiger partial charge in [-0.05, 0) is 26.7 Å². The Morgan fingerprint density at radius 1 is 1.12 bits per heavy atom. The molecular formula is C11H20O5. The SMILES string of the molecule is CC(C)OCCOC(=O)CCCCC(=O)O. The molecule has 94 valence electrons. The molecule has 1 N–H and O–H groups in total. The molecule has 0 aliphatic rings. The molecule has 5 nitrogen and oxygen atoms in total. The van der Waals surface area contributed by atoms with Crippen LogP contribution in [-0.2, 0) is 19.1 Å². The summed E-state index contributed by atoms with van der Waals surface area (Å²) < 4.78 is 10.1. The van der Waals surface area contributed by atoms with E-state index in [1.165, 1.54) is 0 Å². The number of carbonyl (C=O) groups is 2. The molecule has 0 amide bonds. The number of carboxylic acid groups (broad SMARTS) is 1. The van der Waals surface area contributed by atoms with Gasteiger partial charge in [0.25, 0.3) is 0 Å². The van der Waals surface area contributed by atoms with Gasteiger partial charge in [0.2, 0.25) is 0 Å². The van der Waals surface area contributed by atoms with Crippen molar-refractivity contribution in [3.63, 3.8) is 0 Å². The fourth-order valence-corrected chi connectivity index (χ4v) is 1.06. The Hall–Kier alpha value is -1.10. The van der Waals surface area contributed by atoms with Gasteiger partial charge in [0.05, 0.1) is 12.7 Å². The Morgan fingerprint density at radius 2 is 1.75 bits per heavy atom. The summed E-state index contributed by atoms with van der Waals surface area (Å²) in [5.74, 6) is -1.13. The molecule has 0 aromatic rings. The van der Waals surface area contributed by atoms with E-state index < -0.39 is 5.97 Å². The summed E-state index contributed by atoms with van der Waals surface area (Å²) in [6.07, 6.45) is 1.57. The minimum atomic E-state index is -0.835. The quantitative estimate of drug-likeness (QED) is 0.483. The van der Waals surface area contributed by atoms with Crippen molar-refractivity contribution in [2.45, 2.75) is 45.6 Å². The van der Waals surface area contributed by atoms with Gasteiger partial charge in [-0.1, -0.05) is 0 Å². The topological polar surface area (TPSA) is 72.8 Å². The molecule has 0 saturated carbocycles. The maximum absolute atomic E-state index is 11.1. The van der Waals surface area contributed by atoms with Crippen molar-refractivity contribution in [1.29, 1.82) is 0 Å². The van der Waals surface area contributed by atoms with E-state index in [1.54, 1.807) is 0 Å². The average molecular weight is 232 g/mol. The van der Waals surface area contributed by atoms with Gasteiger partial charge in [0.15, 0.2) is 0 Å². The molecule has 0 radical (unpaired) electrons. The fraction of sp³-hybridized carbons (Fsp3) is 0.818. The van der Waals surface area contributed by atoms with Crippen molar-refractivity contribution in [1.82, 2.24) is 0 Å². The van der Waals surface area contributed by atoms with E-state index in [2.05, 4.69) is 0 Å². The first kappa shape index (κ1) is 14.9. The van der Waals surface area contributed by atoms with E-state index >= 15 is 0 Å². The van der Waals surface area contributed by atoms with Crippen molar-refractivity contribution in [2.75, 3.05) is 13.2 Å². The Morgan fingerprint density at radius 3 is 2.31 bits per heavy atom. The number of carboxylic acids is 1. The van der Waals surface area contributed by atoms with Crippen molar-refractivity contribution in [2.24, 2.45) is 0 Å². The number of esters is 1. The molecule has 0 rings (SSSR count). The van der Waals surface area contributed by atoms with Gasteiger partial charge in [-0.25, -0.2) is 0 Å². The Balaban J connectivity index is 3.28. The van der Waals surface area contributed by atoms with Crippen molar-refractivity contribution in [3.05, 3.63) is 0 Å². The van der Waals surface area contributed by atoms with Crippen LogP contribution < -0.4 is 0 Å². The summed E-state index contributed by atoms with van der Waals surface area (Å²) in [5, 5.41) is 8.37. The number of hydrogen-bond donors (Lipinski definition) is 1. The van der Waals surface area contributed by atoms with Gasteiger partial charge < -0.3 is 14.6 Å². The lowest BCUT2D eigenvalue weighted by molar-refractivity contribution is -0.146. The molecule has 0 aromatic carbocycles. The van der Waals surface area contributed by atoms with Gasteiger partial charge in [0.1, 0.15) is 6.61 Å². The molecule has 0 saturated heterocycles. The lowest BCUT2D eigenvalue weighted by Gasteiger charge is -2.07. The largest absolute Gasteiger partial charge is 0.481 e. The van der Waals surface area contributed by atoms with E-state index in [4.69, 9.17) is 14.6 Å². The third kappa shape index (κ3) is 11.0. The summed E-state index contributed by atoms with van der Waals surface area (Å²) in [6, 6.07) is 0. The Labute approximate surface area is 95.7 Å². The van der Waals surface area contributed by atoms with E-state index in [0.29, 0.717) is 19.4 Å². The monoisotopic (exact) mass is 232 g/mol. The molecule has 0 atom stereocenters. The van der Waals surface area contributed by atoms with E-state index in [-0.39, 0.29) is 31.5 Å². The highest BCUT2D eigenvalue weighted by Gasteiger charge is 2.04. The molecule has 5 heteroatoms. The molecule has 0 aliphatic heterocycles. The maximum Gasteiger partial charge on any atom is 0.305 e. The van der Waals surface area contributed by atoms with Crippen molar-refractivity contribution < 1.29 is 24.2 Å². The zero-order valence-electron chi connectivity index (χ0n) is 9.90. The van der Waals surface area contributed by atoms with E-state index in [9.17, 15) is 9.59 Å². The summed E-state index contributed by atoms with van der Waals surface area (Å²) in [6.45, 7) is 4.48. The Kier molecular flexibility index (Phi) is 8.52. The van der Waals surface area contributed by atoms with Crippen molar-refractivity contribution in [3.8, 4) is 0 Å². The Bertz CT molecular complexity index is 212. The summed E-state index contributed by atoms with van der Waals surface area (Å²) >= 11 is 0. The molecular weight excluding hydrogens is 212 g/mol. The molecule has 0 spiro atoms. The van der Waals surface area contributed by atoms with Crippen LogP contribution in [0, 0.1) is 0 Å². The van der Waals surface area contributed by atoms with Crippen LogP contribution in [0.25, 0.3) is 0 Å². The highest BCUT2D eigenvalue weighted by Crippen LogP contribution is 2.01. The first-order chi connectivity index (χ1) is 7.52. The van der Waals surface area contributed by atoms with Crippen LogP contribution in [-0.4, -0.2) is 36.4 Å². The zero-order valence-corrected chi connectivity index (χ0v) is 9.90.